The van der Waals surface area contributed by atoms with E-state index in [1.807, 2.05) is 0 Å². The van der Waals surface area contributed by atoms with Gasteiger partial charge in [0.05, 0.1) is 48.1 Å². The van der Waals surface area contributed by atoms with Crippen LogP contribution in [-0.2, 0) is 9.59 Å². The number of ether oxygens (including phenoxy) is 2. The van der Waals surface area contributed by atoms with Gasteiger partial charge in [0.15, 0.2) is 0 Å². The van der Waals surface area contributed by atoms with Crippen molar-refractivity contribution >= 4 is 17.8 Å². The maximum absolute atomic E-state index is 13.9. The van der Waals surface area contributed by atoms with Gasteiger partial charge in [0.25, 0.3) is 5.91 Å². The van der Waals surface area contributed by atoms with Crippen molar-refractivity contribution in [1.29, 1.82) is 5.26 Å². The lowest BCUT2D eigenvalue weighted by Gasteiger charge is -2.39. The lowest BCUT2D eigenvalue weighted by molar-refractivity contribution is -0.150. The first-order chi connectivity index (χ1) is 21.7. The Morgan fingerprint density at radius 2 is 1.74 bits per heavy atom. The molecule has 13 heteroatoms. The van der Waals surface area contributed by atoms with Crippen molar-refractivity contribution < 1.29 is 42.1 Å². The monoisotopic (exact) mass is 648 g/mol. The minimum atomic E-state index is -4.35. The van der Waals surface area contributed by atoms with E-state index in [9.17, 15) is 37.9 Å². The molecule has 2 heterocycles. The van der Waals surface area contributed by atoms with Gasteiger partial charge in [-0.2, -0.15) is 18.4 Å². The standard InChI is InChI=1S/C33H43F3N4O6/c1-31(9-4-10-31)18-38-29(42)26-22-5-6-23(40(22)14-13-33(34,35)36)27(26)39-28(41)21-16-24(19(17-37)15-25(21)45-3)46-20-7-11-32(2,12-8-20)30(43)44/h15-16,20,22-23,26-27H,4-14,18H2,1-3H3,(H,38,42)(H,39,41)(H,43,44)/t20?,22-,23+,26+,27-,32?/m1/s1. The minimum Gasteiger partial charge on any atom is -0.496 e. The van der Waals surface area contributed by atoms with E-state index in [0.29, 0.717) is 45.1 Å². The second-order valence-electron chi connectivity index (χ2n) is 14.1. The van der Waals surface area contributed by atoms with Crippen LogP contribution in [0.1, 0.15) is 94.0 Å². The second kappa shape index (κ2) is 12.9. The molecule has 2 aliphatic carbocycles. The molecule has 2 saturated carbocycles. The van der Waals surface area contributed by atoms with Crippen molar-refractivity contribution in [2.75, 3.05) is 20.2 Å². The highest BCUT2D eigenvalue weighted by molar-refractivity contribution is 5.98. The third kappa shape index (κ3) is 6.92. The van der Waals surface area contributed by atoms with E-state index < -0.39 is 53.9 Å². The molecule has 46 heavy (non-hydrogen) atoms. The SMILES string of the molecule is COc1cc(C#N)c(OC2CCC(C)(C(=O)O)CC2)cc1C(=O)N[C@H]1[C@@H](C(=O)NCC2(C)CCC2)[C@H]2CC[C@@H]1N2CCC(F)(F)F. The Labute approximate surface area is 267 Å². The second-order valence-corrected chi connectivity index (χ2v) is 14.1. The van der Waals surface area contributed by atoms with E-state index >= 15 is 0 Å². The Balaban J connectivity index is 1.37. The predicted octanol–water partition coefficient (Wildman–Crippen LogP) is 4.80. The number of carboxylic acid groups (broad SMARTS) is 1. The molecule has 0 aromatic heterocycles. The smallest absolute Gasteiger partial charge is 0.390 e. The van der Waals surface area contributed by atoms with Crippen molar-refractivity contribution in [3.05, 3.63) is 23.3 Å². The molecule has 4 atom stereocenters. The highest BCUT2D eigenvalue weighted by Gasteiger charge is 2.57. The molecule has 2 saturated heterocycles. The van der Waals surface area contributed by atoms with Gasteiger partial charge in [0.1, 0.15) is 17.6 Å². The Hall–Kier alpha value is -3.53. The number of rotatable bonds is 11. The van der Waals surface area contributed by atoms with Crippen molar-refractivity contribution in [2.45, 2.75) is 108 Å². The van der Waals surface area contributed by atoms with E-state index in [1.54, 1.807) is 11.8 Å². The molecule has 4 aliphatic rings. The number of nitrogens with one attached hydrogen (secondary N) is 2. The zero-order valence-corrected chi connectivity index (χ0v) is 26.5. The number of fused-ring (bicyclic) bond motifs is 2. The van der Waals surface area contributed by atoms with Crippen LogP contribution in [0, 0.1) is 28.1 Å². The van der Waals surface area contributed by atoms with E-state index in [1.165, 1.54) is 19.2 Å². The number of nitrogens with zero attached hydrogens (tertiary/aromatic N) is 2. The van der Waals surface area contributed by atoms with Crippen molar-refractivity contribution in [1.82, 2.24) is 15.5 Å². The van der Waals surface area contributed by atoms with Crippen LogP contribution < -0.4 is 20.1 Å². The number of alkyl halides is 3. The summed E-state index contributed by atoms with van der Waals surface area (Å²) in [7, 11) is 1.36. The number of carbonyl (C=O) groups excluding carboxylic acids is 2. The molecule has 5 rings (SSSR count). The summed E-state index contributed by atoms with van der Waals surface area (Å²) in [6.45, 7) is 4.01. The molecular weight excluding hydrogens is 605 g/mol. The Kier molecular flexibility index (Phi) is 9.51. The maximum Gasteiger partial charge on any atom is 0.390 e. The molecule has 2 amide bonds. The van der Waals surface area contributed by atoms with Crippen LogP contribution in [0.5, 0.6) is 11.5 Å². The van der Waals surface area contributed by atoms with Crippen LogP contribution in [0.25, 0.3) is 0 Å². The van der Waals surface area contributed by atoms with E-state index in [4.69, 9.17) is 9.47 Å². The molecule has 2 aliphatic heterocycles. The van der Waals surface area contributed by atoms with Crippen LogP contribution >= 0.6 is 0 Å². The number of amides is 2. The number of halogens is 3. The first kappa shape index (κ1) is 33.8. The maximum atomic E-state index is 13.9. The summed E-state index contributed by atoms with van der Waals surface area (Å²) in [6.07, 6.45) is 0.161. The molecule has 3 N–H and O–H groups in total. The van der Waals surface area contributed by atoms with Crippen LogP contribution in [-0.4, -0.2) is 78.4 Å². The summed E-state index contributed by atoms with van der Waals surface area (Å²) in [6, 6.07) is 3.26. The van der Waals surface area contributed by atoms with E-state index in [0.717, 1.165) is 19.3 Å². The van der Waals surface area contributed by atoms with E-state index in [2.05, 4.69) is 23.6 Å². The van der Waals surface area contributed by atoms with Gasteiger partial charge in [-0.05, 0) is 69.8 Å². The van der Waals surface area contributed by atoms with Gasteiger partial charge in [-0.3, -0.25) is 19.3 Å². The lowest BCUT2D eigenvalue weighted by Crippen LogP contribution is -2.53. The van der Waals surface area contributed by atoms with Gasteiger partial charge in [0, 0.05) is 31.2 Å². The third-order valence-electron chi connectivity index (χ3n) is 10.8. The van der Waals surface area contributed by atoms with Gasteiger partial charge in [-0.1, -0.05) is 13.3 Å². The number of aliphatic carboxylic acids is 1. The molecule has 4 fully saturated rings. The van der Waals surface area contributed by atoms with Gasteiger partial charge >= 0.3 is 12.1 Å². The summed E-state index contributed by atoms with van der Waals surface area (Å²) >= 11 is 0. The van der Waals surface area contributed by atoms with Crippen molar-refractivity contribution in [3.63, 3.8) is 0 Å². The molecule has 2 bridgehead atoms. The summed E-state index contributed by atoms with van der Waals surface area (Å²) in [4.78, 5) is 40.9. The van der Waals surface area contributed by atoms with Gasteiger partial charge in [-0.15, -0.1) is 0 Å². The molecule has 1 aromatic carbocycles. The molecule has 252 valence electrons. The van der Waals surface area contributed by atoms with Crippen LogP contribution in [0.15, 0.2) is 12.1 Å². The zero-order valence-electron chi connectivity index (χ0n) is 26.5. The van der Waals surface area contributed by atoms with Crippen molar-refractivity contribution in [2.24, 2.45) is 16.7 Å². The number of methoxy groups -OCH3 is 1. The molecule has 0 unspecified atom stereocenters. The first-order valence-corrected chi connectivity index (χ1v) is 16.1. The molecule has 0 radical (unpaired) electrons. The summed E-state index contributed by atoms with van der Waals surface area (Å²) in [5.74, 6) is -2.20. The third-order valence-corrected chi connectivity index (χ3v) is 10.8. The normalized spacial score (nSPS) is 30.2. The summed E-state index contributed by atoms with van der Waals surface area (Å²) < 4.78 is 51.3. The number of hydrogen-bond acceptors (Lipinski definition) is 7. The number of benzene rings is 1. The first-order valence-electron chi connectivity index (χ1n) is 16.1. The minimum absolute atomic E-state index is 0.00116. The van der Waals surface area contributed by atoms with Crippen LogP contribution in [0.3, 0.4) is 0 Å². The zero-order chi connectivity index (χ0) is 33.4. The van der Waals surface area contributed by atoms with Gasteiger partial charge < -0.3 is 25.2 Å². The molecule has 1 aromatic rings. The summed E-state index contributed by atoms with van der Waals surface area (Å²) in [5, 5.41) is 25.4. The molecule has 0 spiro atoms. The Morgan fingerprint density at radius 1 is 1.07 bits per heavy atom. The largest absolute Gasteiger partial charge is 0.496 e. The quantitative estimate of drug-likeness (QED) is 0.311. The topological polar surface area (TPSA) is 141 Å². The lowest BCUT2D eigenvalue weighted by atomic mass is 9.70. The average molecular weight is 649 g/mol. The number of hydrogen-bond donors (Lipinski definition) is 3. The Bertz CT molecular complexity index is 1380. The highest BCUT2D eigenvalue weighted by atomic mass is 19.4. The van der Waals surface area contributed by atoms with Gasteiger partial charge in [-0.25, -0.2) is 0 Å². The van der Waals surface area contributed by atoms with Crippen molar-refractivity contribution in [3.8, 4) is 17.6 Å². The van der Waals surface area contributed by atoms with Gasteiger partial charge in [0.2, 0.25) is 5.91 Å². The predicted molar refractivity (Wildman–Crippen MR) is 160 cm³/mol. The van der Waals surface area contributed by atoms with Crippen LogP contribution in [0.4, 0.5) is 13.2 Å². The number of nitriles is 1. The molecular formula is C33H43F3N4O6. The number of carbonyl (C=O) groups is 3. The van der Waals surface area contributed by atoms with E-state index in [-0.39, 0.29) is 46.6 Å². The summed E-state index contributed by atoms with van der Waals surface area (Å²) in [5.41, 5.74) is -0.650. The fourth-order valence-electron chi connectivity index (χ4n) is 7.72. The van der Waals surface area contributed by atoms with Crippen LogP contribution in [0.2, 0.25) is 0 Å². The Morgan fingerprint density at radius 3 is 2.30 bits per heavy atom. The molecule has 10 nitrogen and oxygen atoms in total. The fraction of sp³-hybridized carbons (Fsp3) is 0.697. The average Bonchev–Trinajstić information content (AvgIpc) is 3.53. The number of carboxylic acids is 1. The fourth-order valence-corrected chi connectivity index (χ4v) is 7.72. The highest BCUT2D eigenvalue weighted by Crippen LogP contribution is 2.45.